The minimum absolute atomic E-state index is 0.0373. The number of hydrogen-bond acceptors (Lipinski definition) is 3. The Kier molecular flexibility index (Phi) is 4.11. The van der Waals surface area contributed by atoms with E-state index >= 15 is 0 Å². The van der Waals surface area contributed by atoms with Crippen molar-refractivity contribution < 1.29 is 9.59 Å². The van der Waals surface area contributed by atoms with E-state index in [1.165, 1.54) is 6.20 Å². The summed E-state index contributed by atoms with van der Waals surface area (Å²) in [5.41, 5.74) is 0.955. The predicted molar refractivity (Wildman–Crippen MR) is 68.2 cm³/mol. The zero-order valence-electron chi connectivity index (χ0n) is 11.5. The lowest BCUT2D eigenvalue weighted by Crippen LogP contribution is -2.45. The topological polar surface area (TPSA) is 76.0 Å². The minimum atomic E-state index is -0.300. The molecule has 6 heteroatoms. The number of hydrogen-bond donors (Lipinski definition) is 2. The Hall–Kier alpha value is -1.85. The van der Waals surface area contributed by atoms with E-state index in [-0.39, 0.29) is 23.9 Å². The van der Waals surface area contributed by atoms with Crippen molar-refractivity contribution in [2.24, 2.45) is 7.05 Å². The Morgan fingerprint density at radius 2 is 2.00 bits per heavy atom. The quantitative estimate of drug-likeness (QED) is 0.816. The SMILES string of the molecule is Cc1c(C(=O)NCC(=O)NC(C)(C)C)cnn1C. The highest BCUT2D eigenvalue weighted by molar-refractivity contribution is 5.97. The second-order valence-electron chi connectivity index (χ2n) is 5.25. The van der Waals surface area contributed by atoms with Crippen molar-refractivity contribution in [3.63, 3.8) is 0 Å². The zero-order chi connectivity index (χ0) is 13.9. The molecule has 0 fully saturated rings. The summed E-state index contributed by atoms with van der Waals surface area (Å²) in [4.78, 5) is 23.3. The third-order valence-corrected chi connectivity index (χ3v) is 2.40. The Labute approximate surface area is 107 Å². The van der Waals surface area contributed by atoms with Gasteiger partial charge >= 0.3 is 0 Å². The monoisotopic (exact) mass is 252 g/mol. The van der Waals surface area contributed by atoms with Crippen molar-refractivity contribution in [1.29, 1.82) is 0 Å². The first kappa shape index (κ1) is 14.2. The molecule has 0 unspecified atom stereocenters. The second kappa shape index (κ2) is 5.20. The van der Waals surface area contributed by atoms with Gasteiger partial charge in [0.25, 0.3) is 5.91 Å². The zero-order valence-corrected chi connectivity index (χ0v) is 11.5. The lowest BCUT2D eigenvalue weighted by atomic mass is 10.1. The van der Waals surface area contributed by atoms with E-state index in [1.54, 1.807) is 18.7 Å². The Bertz CT molecular complexity index is 457. The van der Waals surface area contributed by atoms with Crippen LogP contribution in [0.25, 0.3) is 0 Å². The average molecular weight is 252 g/mol. The van der Waals surface area contributed by atoms with Crippen LogP contribution < -0.4 is 10.6 Å². The third kappa shape index (κ3) is 3.87. The van der Waals surface area contributed by atoms with Crippen LogP contribution in [0.2, 0.25) is 0 Å². The van der Waals surface area contributed by atoms with Crippen LogP contribution >= 0.6 is 0 Å². The smallest absolute Gasteiger partial charge is 0.255 e. The van der Waals surface area contributed by atoms with E-state index in [9.17, 15) is 9.59 Å². The maximum atomic E-state index is 11.8. The highest BCUT2D eigenvalue weighted by Crippen LogP contribution is 2.04. The molecule has 1 aromatic rings. The summed E-state index contributed by atoms with van der Waals surface area (Å²) in [5, 5.41) is 9.32. The molecule has 0 saturated heterocycles. The molecule has 0 radical (unpaired) electrons. The van der Waals surface area contributed by atoms with Crippen molar-refractivity contribution in [1.82, 2.24) is 20.4 Å². The number of rotatable bonds is 3. The number of nitrogens with zero attached hydrogens (tertiary/aromatic N) is 2. The van der Waals surface area contributed by atoms with Crippen LogP contribution in [0.1, 0.15) is 36.8 Å². The fourth-order valence-corrected chi connectivity index (χ4v) is 1.44. The summed E-state index contributed by atoms with van der Waals surface area (Å²) in [6.07, 6.45) is 1.49. The van der Waals surface area contributed by atoms with Crippen LogP contribution in [0.15, 0.2) is 6.20 Å². The van der Waals surface area contributed by atoms with Crippen molar-refractivity contribution >= 4 is 11.8 Å². The van der Waals surface area contributed by atoms with Crippen molar-refractivity contribution in [3.05, 3.63) is 17.5 Å². The summed E-state index contributed by atoms with van der Waals surface area (Å²) in [6.45, 7) is 7.43. The fourth-order valence-electron chi connectivity index (χ4n) is 1.44. The lowest BCUT2D eigenvalue weighted by molar-refractivity contribution is -0.121. The Morgan fingerprint density at radius 3 is 2.44 bits per heavy atom. The molecule has 2 N–H and O–H groups in total. The van der Waals surface area contributed by atoms with Gasteiger partial charge in [0.1, 0.15) is 0 Å². The van der Waals surface area contributed by atoms with E-state index in [2.05, 4.69) is 15.7 Å². The van der Waals surface area contributed by atoms with Gasteiger partial charge in [0.2, 0.25) is 5.91 Å². The summed E-state index contributed by atoms with van der Waals surface area (Å²) in [5.74, 6) is -0.498. The molecular formula is C12H20N4O2. The van der Waals surface area contributed by atoms with Gasteiger partial charge in [-0.25, -0.2) is 0 Å². The molecule has 1 aromatic heterocycles. The first-order valence-electron chi connectivity index (χ1n) is 5.78. The number of amides is 2. The van der Waals surface area contributed by atoms with Gasteiger partial charge < -0.3 is 10.6 Å². The summed E-state index contributed by atoms with van der Waals surface area (Å²) in [7, 11) is 1.76. The van der Waals surface area contributed by atoms with Gasteiger partial charge in [-0.05, 0) is 27.7 Å². The van der Waals surface area contributed by atoms with Crippen molar-refractivity contribution in [3.8, 4) is 0 Å². The first-order valence-corrected chi connectivity index (χ1v) is 5.78. The summed E-state index contributed by atoms with van der Waals surface area (Å²) >= 11 is 0. The van der Waals surface area contributed by atoms with E-state index in [1.807, 2.05) is 20.8 Å². The van der Waals surface area contributed by atoms with E-state index in [0.29, 0.717) is 5.56 Å². The standard InChI is InChI=1S/C12H20N4O2/c1-8-9(6-14-16(8)5)11(18)13-7-10(17)15-12(2,3)4/h6H,7H2,1-5H3,(H,13,18)(H,15,17). The molecule has 0 saturated carbocycles. The molecule has 0 aliphatic rings. The normalized spacial score (nSPS) is 11.2. The van der Waals surface area contributed by atoms with Crippen LogP contribution in [0.3, 0.4) is 0 Å². The molecule has 2 amide bonds. The molecule has 0 aliphatic heterocycles. The first-order chi connectivity index (χ1) is 8.20. The van der Waals surface area contributed by atoms with E-state index in [0.717, 1.165) is 5.69 Å². The van der Waals surface area contributed by atoms with Gasteiger partial charge in [0.05, 0.1) is 18.3 Å². The molecule has 0 spiro atoms. The Balaban J connectivity index is 2.52. The van der Waals surface area contributed by atoms with Crippen LogP contribution in [-0.4, -0.2) is 33.7 Å². The largest absolute Gasteiger partial charge is 0.350 e. The van der Waals surface area contributed by atoms with Crippen LogP contribution in [0, 0.1) is 6.92 Å². The maximum absolute atomic E-state index is 11.8. The molecule has 1 heterocycles. The van der Waals surface area contributed by atoms with Crippen molar-refractivity contribution in [2.75, 3.05) is 6.54 Å². The molecule has 0 aliphatic carbocycles. The van der Waals surface area contributed by atoms with E-state index < -0.39 is 0 Å². The molecule has 18 heavy (non-hydrogen) atoms. The summed E-state index contributed by atoms with van der Waals surface area (Å²) in [6, 6.07) is 0. The number of carbonyl (C=O) groups excluding carboxylic acids is 2. The molecule has 0 atom stereocenters. The van der Waals surface area contributed by atoms with Gasteiger partial charge in [-0.1, -0.05) is 0 Å². The van der Waals surface area contributed by atoms with Gasteiger partial charge in [0, 0.05) is 18.3 Å². The number of aryl methyl sites for hydroxylation is 1. The number of carbonyl (C=O) groups is 2. The van der Waals surface area contributed by atoms with Crippen LogP contribution in [-0.2, 0) is 11.8 Å². The van der Waals surface area contributed by atoms with Crippen molar-refractivity contribution in [2.45, 2.75) is 33.2 Å². The van der Waals surface area contributed by atoms with Gasteiger partial charge in [-0.15, -0.1) is 0 Å². The van der Waals surface area contributed by atoms with Gasteiger partial charge in [-0.3, -0.25) is 14.3 Å². The van der Waals surface area contributed by atoms with Crippen LogP contribution in [0.5, 0.6) is 0 Å². The van der Waals surface area contributed by atoms with Gasteiger partial charge in [0.15, 0.2) is 0 Å². The maximum Gasteiger partial charge on any atom is 0.255 e. The molecule has 100 valence electrons. The number of aromatic nitrogens is 2. The highest BCUT2D eigenvalue weighted by Gasteiger charge is 2.16. The Morgan fingerprint density at radius 1 is 1.39 bits per heavy atom. The predicted octanol–water partition coefficient (Wildman–Crippen LogP) is 0.373. The minimum Gasteiger partial charge on any atom is -0.350 e. The highest BCUT2D eigenvalue weighted by atomic mass is 16.2. The fraction of sp³-hybridized carbons (Fsp3) is 0.583. The third-order valence-electron chi connectivity index (χ3n) is 2.40. The average Bonchev–Trinajstić information content (AvgIpc) is 2.54. The summed E-state index contributed by atoms with van der Waals surface area (Å²) < 4.78 is 1.62. The number of nitrogens with one attached hydrogen (secondary N) is 2. The van der Waals surface area contributed by atoms with E-state index in [4.69, 9.17) is 0 Å². The molecule has 6 nitrogen and oxygen atoms in total. The lowest BCUT2D eigenvalue weighted by Gasteiger charge is -2.20. The molecule has 0 bridgehead atoms. The molecular weight excluding hydrogens is 232 g/mol. The molecule has 1 rings (SSSR count). The van der Waals surface area contributed by atoms with Crippen LogP contribution in [0.4, 0.5) is 0 Å². The second-order valence-corrected chi connectivity index (χ2v) is 5.25. The van der Waals surface area contributed by atoms with Gasteiger partial charge in [-0.2, -0.15) is 5.10 Å². The molecule has 0 aromatic carbocycles.